The number of nitrogens with zero attached hydrogens (tertiary/aromatic N) is 4. The number of aliphatic carboxylic acids is 2. The second kappa shape index (κ2) is 13.5. The van der Waals surface area contributed by atoms with E-state index in [-0.39, 0.29) is 10.6 Å². The van der Waals surface area contributed by atoms with Crippen molar-refractivity contribution in [1.82, 2.24) is 9.88 Å². The van der Waals surface area contributed by atoms with Gasteiger partial charge in [0.15, 0.2) is 0 Å². The Labute approximate surface area is 222 Å². The van der Waals surface area contributed by atoms with E-state index in [2.05, 4.69) is 39.0 Å². The van der Waals surface area contributed by atoms with Crippen LogP contribution in [0.25, 0.3) is 10.9 Å². The highest BCUT2D eigenvalue weighted by molar-refractivity contribution is 5.97. The normalized spacial score (nSPS) is 13.9. The van der Waals surface area contributed by atoms with Gasteiger partial charge in [-0.05, 0) is 23.8 Å². The second-order valence-electron chi connectivity index (χ2n) is 8.12. The van der Waals surface area contributed by atoms with Crippen LogP contribution in [0.1, 0.15) is 5.56 Å². The van der Waals surface area contributed by atoms with Crippen molar-refractivity contribution >= 4 is 34.2 Å². The molecule has 10 nitrogen and oxygen atoms in total. The summed E-state index contributed by atoms with van der Waals surface area (Å²) in [5.74, 6) is -5.51. The highest BCUT2D eigenvalue weighted by Gasteiger charge is 2.38. The number of hydrogen-bond donors (Lipinski definition) is 2. The number of hydrogen-bond acceptors (Lipinski definition) is 7. The minimum absolute atomic E-state index is 0.111. The van der Waals surface area contributed by atoms with Gasteiger partial charge < -0.3 is 15.1 Å². The summed E-state index contributed by atoms with van der Waals surface area (Å²) in [5, 5.41) is 26.1. The number of piperazine rings is 1. The van der Waals surface area contributed by atoms with Gasteiger partial charge in [-0.1, -0.05) is 30.3 Å². The lowest BCUT2D eigenvalue weighted by atomic mass is 10.1. The predicted molar refractivity (Wildman–Crippen MR) is 130 cm³/mol. The molecular weight excluding hydrogens is 554 g/mol. The number of nitro groups is 1. The summed E-state index contributed by atoms with van der Waals surface area (Å²) < 4.78 is 63.5. The maximum Gasteiger partial charge on any atom is 0.490 e. The Kier molecular flexibility index (Phi) is 10.8. The lowest BCUT2D eigenvalue weighted by Crippen LogP contribution is -2.46. The maximum absolute atomic E-state index is 11.3. The number of carboxylic acid groups (broad SMARTS) is 2. The molecule has 2 N–H and O–H groups in total. The van der Waals surface area contributed by atoms with Gasteiger partial charge in [-0.25, -0.2) is 9.59 Å². The van der Waals surface area contributed by atoms with E-state index in [1.54, 1.807) is 24.4 Å². The summed E-state index contributed by atoms with van der Waals surface area (Å²) in [6.45, 7) is 4.64. The largest absolute Gasteiger partial charge is 0.490 e. The topological polar surface area (TPSA) is 137 Å². The number of non-ortho nitro benzene ring substituents is 1. The Morgan fingerprint density at radius 1 is 0.850 bits per heavy atom. The molecule has 1 fully saturated rings. The highest BCUT2D eigenvalue weighted by Crippen LogP contribution is 2.32. The van der Waals surface area contributed by atoms with Crippen molar-refractivity contribution in [2.24, 2.45) is 0 Å². The zero-order chi connectivity index (χ0) is 30.1. The van der Waals surface area contributed by atoms with Crippen molar-refractivity contribution in [3.63, 3.8) is 0 Å². The number of pyridine rings is 1. The van der Waals surface area contributed by atoms with Crippen LogP contribution < -0.4 is 4.90 Å². The van der Waals surface area contributed by atoms with Crippen LogP contribution in [0.15, 0.2) is 60.8 Å². The third kappa shape index (κ3) is 9.37. The molecule has 1 aromatic heterocycles. The van der Waals surface area contributed by atoms with Crippen LogP contribution in [-0.4, -0.2) is 75.5 Å². The SMILES string of the molecule is O=C(O)C(F)(F)F.O=C(O)C(F)(F)F.O=[N+]([O-])c1ccc(N2CCN(Cc3ccccc3)CC2)c2ncccc12. The summed E-state index contributed by atoms with van der Waals surface area (Å²) in [5.41, 5.74) is 3.12. The van der Waals surface area contributed by atoms with Crippen molar-refractivity contribution in [1.29, 1.82) is 0 Å². The van der Waals surface area contributed by atoms with Gasteiger partial charge in [0.2, 0.25) is 0 Å². The van der Waals surface area contributed by atoms with Crippen LogP contribution >= 0.6 is 0 Å². The van der Waals surface area contributed by atoms with Crippen molar-refractivity contribution < 1.29 is 51.1 Å². The molecule has 0 bridgehead atoms. The lowest BCUT2D eigenvalue weighted by molar-refractivity contribution is -0.383. The van der Waals surface area contributed by atoms with Gasteiger partial charge in [-0.15, -0.1) is 0 Å². The first-order valence-electron chi connectivity index (χ1n) is 11.2. The van der Waals surface area contributed by atoms with E-state index < -0.39 is 24.3 Å². The van der Waals surface area contributed by atoms with Crippen LogP contribution in [0.2, 0.25) is 0 Å². The third-order valence-corrected chi connectivity index (χ3v) is 5.37. The Morgan fingerprint density at radius 2 is 1.38 bits per heavy atom. The van der Waals surface area contributed by atoms with Crippen molar-refractivity contribution in [3.05, 3.63) is 76.5 Å². The maximum atomic E-state index is 11.3. The molecule has 0 spiro atoms. The molecule has 0 amide bonds. The van der Waals surface area contributed by atoms with E-state index in [0.29, 0.717) is 10.9 Å². The lowest BCUT2D eigenvalue weighted by Gasteiger charge is -2.36. The molecule has 16 heteroatoms. The Bertz CT molecular complexity index is 1290. The Hall–Kier alpha value is -4.47. The fraction of sp³-hybridized carbons (Fsp3) is 0.292. The number of halogens is 6. The zero-order valence-electron chi connectivity index (χ0n) is 20.4. The average Bonchev–Trinajstić information content (AvgIpc) is 2.89. The van der Waals surface area contributed by atoms with Gasteiger partial charge in [0.25, 0.3) is 5.69 Å². The molecule has 1 aliphatic heterocycles. The molecule has 216 valence electrons. The minimum atomic E-state index is -5.08. The van der Waals surface area contributed by atoms with E-state index in [0.717, 1.165) is 38.4 Å². The Morgan fingerprint density at radius 3 is 1.85 bits per heavy atom. The number of aromatic nitrogens is 1. The second-order valence-corrected chi connectivity index (χ2v) is 8.12. The third-order valence-electron chi connectivity index (χ3n) is 5.37. The van der Waals surface area contributed by atoms with E-state index in [9.17, 15) is 36.5 Å². The number of carboxylic acids is 2. The molecule has 4 rings (SSSR count). The number of rotatable bonds is 4. The summed E-state index contributed by atoms with van der Waals surface area (Å²) >= 11 is 0. The van der Waals surface area contributed by atoms with Crippen LogP contribution in [-0.2, 0) is 16.1 Å². The van der Waals surface area contributed by atoms with Gasteiger partial charge in [0.1, 0.15) is 5.52 Å². The minimum Gasteiger partial charge on any atom is -0.475 e. The zero-order valence-corrected chi connectivity index (χ0v) is 20.4. The average molecular weight is 576 g/mol. The fourth-order valence-corrected chi connectivity index (χ4v) is 3.55. The predicted octanol–water partition coefficient (Wildman–Crippen LogP) is 4.73. The van der Waals surface area contributed by atoms with Crippen LogP contribution in [0.5, 0.6) is 0 Å². The first kappa shape index (κ1) is 31.7. The molecule has 0 saturated carbocycles. The molecule has 2 aromatic carbocycles. The van der Waals surface area contributed by atoms with Crippen molar-refractivity contribution in [2.45, 2.75) is 18.9 Å². The van der Waals surface area contributed by atoms with E-state index in [1.807, 2.05) is 12.1 Å². The first-order valence-corrected chi connectivity index (χ1v) is 11.2. The molecule has 0 unspecified atom stereocenters. The molecule has 2 heterocycles. The van der Waals surface area contributed by atoms with E-state index in [4.69, 9.17) is 19.8 Å². The van der Waals surface area contributed by atoms with E-state index in [1.165, 1.54) is 5.56 Å². The molecule has 1 saturated heterocycles. The molecule has 3 aromatic rings. The standard InChI is InChI=1S/C20H20N4O2.2C2HF3O2/c25-24(26)18-8-9-19(20-17(18)7-4-10-21-20)23-13-11-22(12-14-23)15-16-5-2-1-3-6-16;2*3-2(4,5)1(6)7/h1-10H,11-15H2;2*(H,6,7). The number of nitro benzene ring substituents is 1. The molecular formula is C24H22F6N4O6. The van der Waals surface area contributed by atoms with Gasteiger partial charge in [-0.3, -0.25) is 20.0 Å². The molecule has 0 atom stereocenters. The molecule has 0 radical (unpaired) electrons. The van der Waals surface area contributed by atoms with Gasteiger partial charge in [-0.2, -0.15) is 26.3 Å². The van der Waals surface area contributed by atoms with E-state index >= 15 is 0 Å². The van der Waals surface area contributed by atoms with Crippen LogP contribution in [0.4, 0.5) is 37.7 Å². The smallest absolute Gasteiger partial charge is 0.475 e. The Balaban J connectivity index is 0.000000333. The summed E-state index contributed by atoms with van der Waals surface area (Å²) in [4.78, 5) is 37.9. The fourth-order valence-electron chi connectivity index (χ4n) is 3.55. The van der Waals surface area contributed by atoms with Crippen molar-refractivity contribution in [3.8, 4) is 0 Å². The van der Waals surface area contributed by atoms with Gasteiger partial charge in [0.05, 0.1) is 16.0 Å². The molecule has 40 heavy (non-hydrogen) atoms. The highest BCUT2D eigenvalue weighted by atomic mass is 19.4. The molecule has 0 aliphatic carbocycles. The number of alkyl halides is 6. The summed E-state index contributed by atoms with van der Waals surface area (Å²) in [6.07, 6.45) is -8.47. The van der Waals surface area contributed by atoms with Crippen molar-refractivity contribution in [2.75, 3.05) is 31.1 Å². The van der Waals surface area contributed by atoms with Gasteiger partial charge >= 0.3 is 24.3 Å². The molecule has 1 aliphatic rings. The quantitative estimate of drug-likeness (QED) is 0.257. The number of benzene rings is 2. The monoisotopic (exact) mass is 576 g/mol. The summed E-state index contributed by atoms with van der Waals surface area (Å²) in [6, 6.07) is 17.4. The summed E-state index contributed by atoms with van der Waals surface area (Å²) in [7, 11) is 0. The van der Waals surface area contributed by atoms with Crippen LogP contribution in [0, 0.1) is 10.1 Å². The first-order chi connectivity index (χ1) is 18.6. The van der Waals surface area contributed by atoms with Crippen LogP contribution in [0.3, 0.4) is 0 Å². The number of anilines is 1. The number of fused-ring (bicyclic) bond motifs is 1. The van der Waals surface area contributed by atoms with Gasteiger partial charge in [0, 0.05) is 45.0 Å². The number of carbonyl (C=O) groups is 2.